The number of nitrogens with zero attached hydrogens (tertiary/aromatic N) is 2. The Balaban J connectivity index is 0.00000363. The van der Waals surface area contributed by atoms with Crippen LogP contribution in [0.25, 0.3) is 22.0 Å². The van der Waals surface area contributed by atoms with Crippen LogP contribution in [0.3, 0.4) is 0 Å². The van der Waals surface area contributed by atoms with Crippen molar-refractivity contribution in [1.29, 1.82) is 0 Å². The van der Waals surface area contributed by atoms with Crippen LogP contribution in [-0.2, 0) is 24.0 Å². The molecule has 2 aromatic carbocycles. The first-order valence-electron chi connectivity index (χ1n) is 8.72. The lowest BCUT2D eigenvalue weighted by Crippen LogP contribution is -2.20. The number of halogens is 4. The van der Waals surface area contributed by atoms with Gasteiger partial charge in [0.05, 0.1) is 30.9 Å². The van der Waals surface area contributed by atoms with Crippen LogP contribution in [0.1, 0.15) is 11.1 Å². The first kappa shape index (κ1) is 25.6. The van der Waals surface area contributed by atoms with E-state index in [2.05, 4.69) is 10.2 Å². The number of methoxy groups -OCH3 is 2. The maximum absolute atomic E-state index is 13.9. The summed E-state index contributed by atoms with van der Waals surface area (Å²) in [5, 5.41) is 6.28. The molecule has 0 fully saturated rings. The molecule has 174 valence electrons. The van der Waals surface area contributed by atoms with E-state index in [1.807, 2.05) is 0 Å². The van der Waals surface area contributed by atoms with E-state index < -0.39 is 28.6 Å². The summed E-state index contributed by atoms with van der Waals surface area (Å²) < 4.78 is 74.9. The average molecular weight is 493 g/mol. The Hall–Kier alpha value is -2.67. The van der Waals surface area contributed by atoms with Gasteiger partial charge in [0.15, 0.2) is 11.5 Å². The van der Waals surface area contributed by atoms with Crippen LogP contribution in [-0.4, -0.2) is 44.5 Å². The molecule has 1 aromatic heterocycles. The maximum Gasteiger partial charge on any atom is 0.417 e. The fraction of sp³-hybridized carbons (Fsp3) is 0.263. The monoisotopic (exact) mass is 492 g/mol. The molecule has 3 aromatic rings. The number of hydrogen-bond acceptors (Lipinski definition) is 6. The molecule has 0 saturated carbocycles. The van der Waals surface area contributed by atoms with Gasteiger partial charge in [0.25, 0.3) is 5.56 Å². The van der Waals surface area contributed by atoms with E-state index in [1.54, 1.807) is 0 Å². The fourth-order valence-corrected chi connectivity index (χ4v) is 3.39. The van der Waals surface area contributed by atoms with Crippen molar-refractivity contribution in [3.63, 3.8) is 0 Å². The summed E-state index contributed by atoms with van der Waals surface area (Å²) in [5.41, 5.74) is -1.89. The Kier molecular flexibility index (Phi) is 7.88. The summed E-state index contributed by atoms with van der Waals surface area (Å²) in [6, 6.07) is 6.16. The van der Waals surface area contributed by atoms with Crippen LogP contribution >= 0.6 is 12.4 Å². The first-order chi connectivity index (χ1) is 14.6. The normalized spacial score (nSPS) is 12.5. The van der Waals surface area contributed by atoms with Gasteiger partial charge in [0.1, 0.15) is 0 Å². The van der Waals surface area contributed by atoms with Gasteiger partial charge < -0.3 is 14.0 Å². The van der Waals surface area contributed by atoms with Crippen LogP contribution in [0.15, 0.2) is 35.1 Å². The number of nitrogens with one attached hydrogen (secondary N) is 1. The molecule has 0 aliphatic carbocycles. The lowest BCUT2D eigenvalue weighted by Gasteiger charge is -2.20. The minimum absolute atomic E-state index is 0. The minimum Gasteiger partial charge on any atom is -0.760 e. The van der Waals surface area contributed by atoms with Gasteiger partial charge >= 0.3 is 6.18 Å². The van der Waals surface area contributed by atoms with Gasteiger partial charge in [0.2, 0.25) is 0 Å². The van der Waals surface area contributed by atoms with E-state index in [4.69, 9.17) is 9.47 Å². The molecule has 0 aliphatic rings. The Bertz CT molecular complexity index is 1220. The van der Waals surface area contributed by atoms with E-state index >= 15 is 0 Å². The van der Waals surface area contributed by atoms with Crippen molar-refractivity contribution in [3.8, 4) is 22.8 Å². The number of fused-ring (bicyclic) bond motifs is 1. The molecule has 3 rings (SSSR count). The summed E-state index contributed by atoms with van der Waals surface area (Å²) in [7, 11) is 3.96. The molecule has 0 bridgehead atoms. The van der Waals surface area contributed by atoms with Crippen LogP contribution in [0.5, 0.6) is 11.5 Å². The molecule has 1 N–H and O–H groups in total. The quantitative estimate of drug-likeness (QED) is 0.529. The molecule has 1 heterocycles. The number of hydrogen-bond donors (Lipinski definition) is 1. The third-order valence-corrected chi connectivity index (χ3v) is 5.23. The second-order valence-electron chi connectivity index (χ2n) is 6.53. The maximum atomic E-state index is 13.9. The van der Waals surface area contributed by atoms with E-state index in [0.29, 0.717) is 0 Å². The van der Waals surface area contributed by atoms with Gasteiger partial charge in [-0.3, -0.25) is 9.00 Å². The van der Waals surface area contributed by atoms with E-state index in [1.165, 1.54) is 45.5 Å². The van der Waals surface area contributed by atoms with Gasteiger partial charge in [-0.1, -0.05) is 12.1 Å². The second kappa shape index (κ2) is 9.86. The van der Waals surface area contributed by atoms with Crippen molar-refractivity contribution >= 4 is 34.4 Å². The predicted molar refractivity (Wildman–Crippen MR) is 114 cm³/mol. The molecular formula is C19H18ClF3N3O5S-. The largest absolute Gasteiger partial charge is 0.760 e. The number of H-pyrrole nitrogens is 1. The molecule has 0 spiro atoms. The number of aromatic nitrogens is 2. The van der Waals surface area contributed by atoms with Crippen molar-refractivity contribution in [2.45, 2.75) is 12.7 Å². The smallest absolute Gasteiger partial charge is 0.417 e. The highest BCUT2D eigenvalue weighted by atomic mass is 35.5. The van der Waals surface area contributed by atoms with Gasteiger partial charge in [-0.25, -0.2) is 9.40 Å². The summed E-state index contributed by atoms with van der Waals surface area (Å²) >= 11 is -2.58. The topological polar surface area (TPSA) is 108 Å². The zero-order valence-electron chi connectivity index (χ0n) is 17.0. The Morgan fingerprint density at radius 1 is 1.12 bits per heavy atom. The van der Waals surface area contributed by atoms with Crippen molar-refractivity contribution in [2.24, 2.45) is 0 Å². The van der Waals surface area contributed by atoms with Crippen LogP contribution in [0.4, 0.5) is 13.2 Å². The number of rotatable bonds is 6. The molecule has 1 atom stereocenters. The molecule has 0 radical (unpaired) electrons. The number of aromatic amines is 1. The molecule has 13 heteroatoms. The van der Waals surface area contributed by atoms with Gasteiger partial charge in [-0.05, 0) is 30.8 Å². The van der Waals surface area contributed by atoms with E-state index in [0.717, 1.165) is 10.4 Å². The number of ether oxygens (including phenoxy) is 2. The molecular weight excluding hydrogens is 475 g/mol. The molecule has 0 saturated heterocycles. The van der Waals surface area contributed by atoms with E-state index in [9.17, 15) is 26.7 Å². The molecule has 8 nitrogen and oxygen atoms in total. The highest BCUT2D eigenvalue weighted by Crippen LogP contribution is 2.40. The molecule has 0 amide bonds. The average Bonchev–Trinajstić information content (AvgIpc) is 2.72. The van der Waals surface area contributed by atoms with Gasteiger partial charge in [-0.2, -0.15) is 18.3 Å². The van der Waals surface area contributed by atoms with E-state index in [-0.39, 0.29) is 58.0 Å². The summed E-state index contributed by atoms with van der Waals surface area (Å²) in [5.74, 6) is 0.450. The van der Waals surface area contributed by atoms with Crippen molar-refractivity contribution < 1.29 is 31.4 Å². The molecule has 0 aliphatic heterocycles. The van der Waals surface area contributed by atoms with Crippen LogP contribution in [0, 0.1) is 0 Å². The number of benzene rings is 2. The lowest BCUT2D eigenvalue weighted by molar-refractivity contribution is -0.137. The Morgan fingerprint density at radius 3 is 2.25 bits per heavy atom. The van der Waals surface area contributed by atoms with Crippen LogP contribution < -0.4 is 15.0 Å². The minimum atomic E-state index is -4.76. The Morgan fingerprint density at radius 2 is 1.72 bits per heavy atom. The highest BCUT2D eigenvalue weighted by molar-refractivity contribution is 7.76. The lowest BCUT2D eigenvalue weighted by atomic mass is 9.97. The summed E-state index contributed by atoms with van der Waals surface area (Å²) in [6.07, 6.45) is -4.76. The third kappa shape index (κ3) is 5.04. The number of alkyl halides is 3. The molecule has 32 heavy (non-hydrogen) atoms. The van der Waals surface area contributed by atoms with Crippen molar-refractivity contribution in [1.82, 2.24) is 14.5 Å². The van der Waals surface area contributed by atoms with Gasteiger partial charge in [-0.15, -0.1) is 12.4 Å². The zero-order valence-corrected chi connectivity index (χ0v) is 18.6. The summed E-state index contributed by atoms with van der Waals surface area (Å²) in [6.45, 7) is -0.246. The second-order valence-corrected chi connectivity index (χ2v) is 7.59. The fourth-order valence-electron chi connectivity index (χ4n) is 3.14. The first-order valence-corrected chi connectivity index (χ1v) is 9.75. The third-order valence-electron chi connectivity index (χ3n) is 4.60. The van der Waals surface area contributed by atoms with Crippen molar-refractivity contribution in [2.75, 3.05) is 21.3 Å². The SMILES string of the molecule is COc1cc2c(-c3ccc(CN(C)S(=O)[O-])cc3C(F)(F)F)n[nH]c(=O)c2cc1OC.Cl. The zero-order chi connectivity index (χ0) is 22.9. The predicted octanol–water partition coefficient (Wildman–Crippen LogP) is 3.27. The standard InChI is InChI=1S/C19H18F3N3O5S.ClH/c1-25(31(27)28)9-10-4-5-11(14(6-10)19(20,21)22)17-12-7-15(29-2)16(30-3)8-13(12)18(26)24-23-17;/h4-8H,9H2,1-3H3,(H,24,26)(H,27,28);1H/p-1. The van der Waals surface area contributed by atoms with Crippen LogP contribution in [0.2, 0.25) is 0 Å². The summed E-state index contributed by atoms with van der Waals surface area (Å²) in [4.78, 5) is 12.3. The van der Waals surface area contributed by atoms with Crippen molar-refractivity contribution in [3.05, 3.63) is 51.8 Å². The molecule has 1 unspecified atom stereocenters. The highest BCUT2D eigenvalue weighted by Gasteiger charge is 2.35. The Labute approximate surface area is 189 Å². The van der Waals surface area contributed by atoms with Gasteiger partial charge in [0, 0.05) is 28.8 Å².